The zero-order chi connectivity index (χ0) is 13.8. The summed E-state index contributed by atoms with van der Waals surface area (Å²) in [6.45, 7) is 4.09. The van der Waals surface area contributed by atoms with Crippen molar-refractivity contribution in [1.82, 2.24) is 0 Å². The Morgan fingerprint density at radius 3 is 2.89 bits per heavy atom. The van der Waals surface area contributed by atoms with Crippen LogP contribution in [0.3, 0.4) is 0 Å². The SMILES string of the molecule is CCCNc1cc(N2CCC(O)C2)cc([N+](=O)[O-])c1. The van der Waals surface area contributed by atoms with E-state index in [1.165, 1.54) is 0 Å². The van der Waals surface area contributed by atoms with Gasteiger partial charge >= 0.3 is 0 Å². The van der Waals surface area contributed by atoms with E-state index in [2.05, 4.69) is 5.32 Å². The van der Waals surface area contributed by atoms with Crippen molar-refractivity contribution in [3.8, 4) is 0 Å². The molecule has 1 heterocycles. The minimum atomic E-state index is -0.382. The van der Waals surface area contributed by atoms with Gasteiger partial charge < -0.3 is 15.3 Å². The molecular weight excluding hydrogens is 246 g/mol. The highest BCUT2D eigenvalue weighted by Crippen LogP contribution is 2.29. The van der Waals surface area contributed by atoms with Crippen molar-refractivity contribution in [2.45, 2.75) is 25.9 Å². The van der Waals surface area contributed by atoms with Crippen LogP contribution in [0.25, 0.3) is 0 Å². The number of nitro groups is 1. The zero-order valence-corrected chi connectivity index (χ0v) is 11.0. The number of benzene rings is 1. The van der Waals surface area contributed by atoms with E-state index in [0.29, 0.717) is 13.0 Å². The quantitative estimate of drug-likeness (QED) is 0.628. The lowest BCUT2D eigenvalue weighted by atomic mass is 10.2. The highest BCUT2D eigenvalue weighted by atomic mass is 16.6. The average Bonchev–Trinajstić information content (AvgIpc) is 2.82. The average molecular weight is 265 g/mol. The molecule has 104 valence electrons. The first-order chi connectivity index (χ1) is 9.10. The molecule has 1 saturated heterocycles. The molecule has 1 fully saturated rings. The lowest BCUT2D eigenvalue weighted by molar-refractivity contribution is -0.384. The molecule has 1 aromatic rings. The van der Waals surface area contributed by atoms with Crippen molar-refractivity contribution in [3.05, 3.63) is 28.3 Å². The third kappa shape index (κ3) is 3.35. The third-order valence-electron chi connectivity index (χ3n) is 3.22. The van der Waals surface area contributed by atoms with Gasteiger partial charge in [0, 0.05) is 43.1 Å². The molecule has 0 amide bonds. The van der Waals surface area contributed by atoms with E-state index >= 15 is 0 Å². The molecule has 6 nitrogen and oxygen atoms in total. The number of nitro benzene ring substituents is 1. The molecule has 0 aliphatic carbocycles. The van der Waals surface area contributed by atoms with Gasteiger partial charge in [0.2, 0.25) is 0 Å². The lowest BCUT2D eigenvalue weighted by Crippen LogP contribution is -2.21. The number of hydrogen-bond donors (Lipinski definition) is 2. The molecule has 0 spiro atoms. The molecule has 1 aliphatic heterocycles. The number of aliphatic hydroxyl groups is 1. The molecule has 2 N–H and O–H groups in total. The van der Waals surface area contributed by atoms with Crippen molar-refractivity contribution in [2.75, 3.05) is 29.9 Å². The Hall–Kier alpha value is -1.82. The van der Waals surface area contributed by atoms with Gasteiger partial charge in [-0.2, -0.15) is 0 Å². The van der Waals surface area contributed by atoms with Crippen LogP contribution >= 0.6 is 0 Å². The Morgan fingerprint density at radius 2 is 2.32 bits per heavy atom. The number of non-ortho nitro benzene ring substituents is 1. The van der Waals surface area contributed by atoms with E-state index in [-0.39, 0.29) is 16.7 Å². The monoisotopic (exact) mass is 265 g/mol. The molecule has 1 aromatic carbocycles. The van der Waals surface area contributed by atoms with Crippen molar-refractivity contribution < 1.29 is 10.0 Å². The van der Waals surface area contributed by atoms with Crippen LogP contribution in [0.5, 0.6) is 0 Å². The zero-order valence-electron chi connectivity index (χ0n) is 11.0. The summed E-state index contributed by atoms with van der Waals surface area (Å²) in [7, 11) is 0. The molecule has 0 radical (unpaired) electrons. The van der Waals surface area contributed by atoms with Gasteiger partial charge in [0.15, 0.2) is 0 Å². The van der Waals surface area contributed by atoms with Crippen LogP contribution in [-0.2, 0) is 0 Å². The topological polar surface area (TPSA) is 78.6 Å². The molecule has 1 aliphatic rings. The number of hydrogen-bond acceptors (Lipinski definition) is 5. The fourth-order valence-electron chi connectivity index (χ4n) is 2.23. The largest absolute Gasteiger partial charge is 0.391 e. The predicted molar refractivity (Wildman–Crippen MR) is 74.7 cm³/mol. The second kappa shape index (κ2) is 5.88. The molecule has 0 aromatic heterocycles. The minimum Gasteiger partial charge on any atom is -0.391 e. The third-order valence-corrected chi connectivity index (χ3v) is 3.22. The smallest absolute Gasteiger partial charge is 0.273 e. The molecule has 2 rings (SSSR count). The van der Waals surface area contributed by atoms with E-state index < -0.39 is 0 Å². The first kappa shape index (κ1) is 13.6. The van der Waals surface area contributed by atoms with Gasteiger partial charge in [-0.3, -0.25) is 10.1 Å². The Morgan fingerprint density at radius 1 is 1.53 bits per heavy atom. The van der Waals surface area contributed by atoms with Crippen LogP contribution < -0.4 is 10.2 Å². The number of nitrogens with zero attached hydrogens (tertiary/aromatic N) is 2. The number of aliphatic hydroxyl groups excluding tert-OH is 1. The number of β-amino-alcohol motifs (C(OH)–C–C–N with tert-alkyl or cyclic N) is 1. The van der Waals surface area contributed by atoms with Gasteiger partial charge in [-0.05, 0) is 18.9 Å². The predicted octanol–water partition coefficient (Wildman–Crippen LogP) is 1.99. The Labute approximate surface area is 112 Å². The van der Waals surface area contributed by atoms with E-state index in [1.54, 1.807) is 12.1 Å². The van der Waals surface area contributed by atoms with Crippen molar-refractivity contribution in [3.63, 3.8) is 0 Å². The summed E-state index contributed by atoms with van der Waals surface area (Å²) in [5.74, 6) is 0. The molecular formula is C13H19N3O3. The second-order valence-corrected chi connectivity index (χ2v) is 4.81. The highest BCUT2D eigenvalue weighted by molar-refractivity contribution is 5.65. The number of rotatable bonds is 5. The lowest BCUT2D eigenvalue weighted by Gasteiger charge is -2.19. The number of nitrogens with one attached hydrogen (secondary N) is 1. The molecule has 1 unspecified atom stereocenters. The van der Waals surface area contributed by atoms with Gasteiger partial charge in [0.25, 0.3) is 5.69 Å². The van der Waals surface area contributed by atoms with Crippen molar-refractivity contribution >= 4 is 17.1 Å². The second-order valence-electron chi connectivity index (χ2n) is 4.81. The Kier molecular flexibility index (Phi) is 4.21. The van der Waals surface area contributed by atoms with Gasteiger partial charge in [-0.25, -0.2) is 0 Å². The van der Waals surface area contributed by atoms with Gasteiger partial charge in [0.1, 0.15) is 0 Å². The molecule has 0 bridgehead atoms. The summed E-state index contributed by atoms with van der Waals surface area (Å²) in [4.78, 5) is 12.6. The van der Waals surface area contributed by atoms with Crippen LogP contribution in [0.4, 0.5) is 17.1 Å². The molecule has 19 heavy (non-hydrogen) atoms. The summed E-state index contributed by atoms with van der Waals surface area (Å²) in [6, 6.07) is 5.02. The molecule has 0 saturated carbocycles. The fourth-order valence-corrected chi connectivity index (χ4v) is 2.23. The van der Waals surface area contributed by atoms with Crippen molar-refractivity contribution in [2.24, 2.45) is 0 Å². The highest BCUT2D eigenvalue weighted by Gasteiger charge is 2.22. The summed E-state index contributed by atoms with van der Waals surface area (Å²) in [5, 5.41) is 23.7. The van der Waals surface area contributed by atoms with Crippen LogP contribution in [0.15, 0.2) is 18.2 Å². The maximum absolute atomic E-state index is 11.0. The fraction of sp³-hybridized carbons (Fsp3) is 0.538. The minimum absolute atomic E-state index is 0.0810. The van der Waals surface area contributed by atoms with Crippen LogP contribution in [0.2, 0.25) is 0 Å². The first-order valence-corrected chi connectivity index (χ1v) is 6.56. The molecule has 6 heteroatoms. The summed E-state index contributed by atoms with van der Waals surface area (Å²) >= 11 is 0. The van der Waals surface area contributed by atoms with E-state index in [0.717, 1.165) is 30.9 Å². The van der Waals surface area contributed by atoms with E-state index in [1.807, 2.05) is 17.9 Å². The maximum Gasteiger partial charge on any atom is 0.273 e. The summed E-state index contributed by atoms with van der Waals surface area (Å²) < 4.78 is 0. The normalized spacial score (nSPS) is 18.6. The Balaban J connectivity index is 2.25. The van der Waals surface area contributed by atoms with Crippen LogP contribution in [-0.4, -0.2) is 35.8 Å². The van der Waals surface area contributed by atoms with Gasteiger partial charge in [-0.15, -0.1) is 0 Å². The van der Waals surface area contributed by atoms with Crippen molar-refractivity contribution in [1.29, 1.82) is 0 Å². The van der Waals surface area contributed by atoms with E-state index in [9.17, 15) is 15.2 Å². The summed E-state index contributed by atoms with van der Waals surface area (Å²) in [6.07, 6.45) is 1.33. The van der Waals surface area contributed by atoms with Gasteiger partial charge in [-0.1, -0.05) is 6.92 Å². The van der Waals surface area contributed by atoms with Gasteiger partial charge in [0.05, 0.1) is 11.0 Å². The first-order valence-electron chi connectivity index (χ1n) is 6.56. The molecule has 1 atom stereocenters. The standard InChI is InChI=1S/C13H19N3O3/c1-2-4-14-10-6-11(8-12(7-10)16(18)19)15-5-3-13(17)9-15/h6-8,13-14,17H,2-5,9H2,1H3. The maximum atomic E-state index is 11.0. The van der Waals surface area contributed by atoms with Crippen LogP contribution in [0.1, 0.15) is 19.8 Å². The number of anilines is 2. The summed E-state index contributed by atoms with van der Waals surface area (Å²) in [5.41, 5.74) is 1.63. The van der Waals surface area contributed by atoms with Crippen LogP contribution in [0, 0.1) is 10.1 Å². The Bertz CT molecular complexity index is 464. The van der Waals surface area contributed by atoms with E-state index in [4.69, 9.17) is 0 Å².